The van der Waals surface area contributed by atoms with Crippen molar-refractivity contribution in [3.8, 4) is 11.5 Å². The van der Waals surface area contributed by atoms with Crippen molar-refractivity contribution in [3.05, 3.63) is 48.5 Å². The Balaban J connectivity index is 1.36. The molecule has 1 fully saturated rings. The van der Waals surface area contributed by atoms with E-state index in [1.807, 2.05) is 30.3 Å². The molecule has 1 aromatic carbocycles. The molecule has 4 rings (SSSR count). The Morgan fingerprint density at radius 1 is 1.21 bits per heavy atom. The summed E-state index contributed by atoms with van der Waals surface area (Å²) in [6, 6.07) is 9.56. The predicted molar refractivity (Wildman–Crippen MR) is 87.0 cm³/mol. The van der Waals surface area contributed by atoms with Crippen LogP contribution in [0.2, 0.25) is 0 Å². The molecule has 6 nitrogen and oxygen atoms in total. The first-order valence-electron chi connectivity index (χ1n) is 7.93. The third kappa shape index (κ3) is 2.60. The molecule has 24 heavy (non-hydrogen) atoms. The fraction of sp³-hybridized carbons (Fsp3) is 0.353. The number of anilines is 1. The molecule has 3 aliphatic rings. The van der Waals surface area contributed by atoms with Crippen molar-refractivity contribution in [2.75, 3.05) is 12.3 Å². The molecular formula is C17H18FN5O. The van der Waals surface area contributed by atoms with Gasteiger partial charge in [0.25, 0.3) is 0 Å². The highest BCUT2D eigenvalue weighted by molar-refractivity contribution is 5.64. The van der Waals surface area contributed by atoms with E-state index < -0.39 is 6.17 Å². The van der Waals surface area contributed by atoms with E-state index in [4.69, 9.17) is 10.5 Å². The summed E-state index contributed by atoms with van der Waals surface area (Å²) in [5.74, 6) is 0.780. The standard InChI is InChI=1S/C17H18FN5O/c18-14-12(8-24-7-11-4-2-1-3-5-11)6-13(14)23-10-22-17-15(16(23)19)20-9-21-17/h1-5,9-10,12-14H,6-8,19H2/t12-,13+,14-/m1/s1. The highest BCUT2D eigenvalue weighted by Gasteiger charge is 2.43. The zero-order valence-electron chi connectivity index (χ0n) is 13.0. The summed E-state index contributed by atoms with van der Waals surface area (Å²) in [4.78, 5) is 12.3. The molecule has 2 aliphatic heterocycles. The maximum absolute atomic E-state index is 14.5. The van der Waals surface area contributed by atoms with Crippen molar-refractivity contribution in [2.24, 2.45) is 5.92 Å². The monoisotopic (exact) mass is 327 g/mol. The number of halogens is 1. The lowest BCUT2D eigenvalue weighted by Gasteiger charge is -2.41. The Morgan fingerprint density at radius 3 is 2.83 bits per heavy atom. The second-order valence-electron chi connectivity index (χ2n) is 6.09. The fourth-order valence-electron chi connectivity index (χ4n) is 3.12. The molecule has 1 aromatic rings. The number of hydrogen-bond donors (Lipinski definition) is 1. The van der Waals surface area contributed by atoms with E-state index in [1.165, 1.54) is 6.33 Å². The Bertz CT molecular complexity index is 793. The molecule has 0 amide bonds. The predicted octanol–water partition coefficient (Wildman–Crippen LogP) is 2.48. The van der Waals surface area contributed by atoms with Gasteiger partial charge in [-0.3, -0.25) is 0 Å². The Kier molecular flexibility index (Phi) is 3.86. The summed E-state index contributed by atoms with van der Waals surface area (Å²) in [7, 11) is 0. The SMILES string of the molecule is Nc1c2ncnc-2ncn1[C@H]1C[C@H](COCc2ccccc2)[C@H]1F. The molecule has 2 heterocycles. The lowest BCUT2D eigenvalue weighted by atomic mass is 9.78. The highest BCUT2D eigenvalue weighted by Crippen LogP contribution is 2.43. The van der Waals surface area contributed by atoms with Crippen LogP contribution >= 0.6 is 0 Å². The summed E-state index contributed by atoms with van der Waals surface area (Å²) >= 11 is 0. The van der Waals surface area contributed by atoms with Gasteiger partial charge in [0.05, 0.1) is 25.6 Å². The number of alkyl halides is 1. The van der Waals surface area contributed by atoms with Crippen molar-refractivity contribution in [3.63, 3.8) is 0 Å². The van der Waals surface area contributed by atoms with E-state index in [9.17, 15) is 4.39 Å². The smallest absolute Gasteiger partial charge is 0.184 e. The number of aromatic nitrogens is 4. The van der Waals surface area contributed by atoms with Crippen LogP contribution in [0.3, 0.4) is 0 Å². The first-order chi connectivity index (χ1) is 11.7. The van der Waals surface area contributed by atoms with Gasteiger partial charge in [-0.25, -0.2) is 19.3 Å². The number of rotatable bonds is 5. The first kappa shape index (κ1) is 15.0. The molecule has 0 saturated heterocycles. The quantitative estimate of drug-likeness (QED) is 0.779. The topological polar surface area (TPSA) is 78.9 Å². The Hall–Kier alpha value is -2.54. The van der Waals surface area contributed by atoms with E-state index in [-0.39, 0.29) is 12.0 Å². The minimum absolute atomic E-state index is 0.118. The minimum Gasteiger partial charge on any atom is -0.383 e. The van der Waals surface area contributed by atoms with Gasteiger partial charge in [0.15, 0.2) is 5.82 Å². The number of benzene rings is 1. The van der Waals surface area contributed by atoms with Crippen molar-refractivity contribution in [2.45, 2.75) is 25.2 Å². The van der Waals surface area contributed by atoms with Gasteiger partial charge in [0.1, 0.15) is 24.0 Å². The maximum atomic E-state index is 14.5. The van der Waals surface area contributed by atoms with E-state index in [2.05, 4.69) is 15.0 Å². The van der Waals surface area contributed by atoms with Gasteiger partial charge >= 0.3 is 0 Å². The van der Waals surface area contributed by atoms with Crippen LogP contribution in [0.1, 0.15) is 18.0 Å². The third-order valence-electron chi connectivity index (χ3n) is 4.57. The molecule has 0 unspecified atom stereocenters. The second kappa shape index (κ2) is 6.16. The summed E-state index contributed by atoms with van der Waals surface area (Å²) in [5, 5.41) is 0. The van der Waals surface area contributed by atoms with Crippen LogP contribution in [0.4, 0.5) is 10.2 Å². The number of hydrogen-bond acceptors (Lipinski definition) is 5. The van der Waals surface area contributed by atoms with Crippen LogP contribution in [0.15, 0.2) is 43.0 Å². The number of nitrogens with two attached hydrogens (primary N) is 1. The molecule has 2 N–H and O–H groups in total. The van der Waals surface area contributed by atoms with Crippen molar-refractivity contribution in [1.29, 1.82) is 0 Å². The first-order valence-corrected chi connectivity index (χ1v) is 7.93. The summed E-state index contributed by atoms with van der Waals surface area (Å²) in [6.45, 7) is 0.902. The number of nitrogens with zero attached hydrogens (tertiary/aromatic N) is 4. The van der Waals surface area contributed by atoms with Crippen LogP contribution in [0, 0.1) is 5.92 Å². The summed E-state index contributed by atoms with van der Waals surface area (Å²) < 4.78 is 21.9. The van der Waals surface area contributed by atoms with Gasteiger partial charge in [-0.1, -0.05) is 30.3 Å². The van der Waals surface area contributed by atoms with Crippen molar-refractivity contribution >= 4 is 5.82 Å². The number of nitrogen functional groups attached to an aromatic ring is 1. The largest absolute Gasteiger partial charge is 0.383 e. The van der Waals surface area contributed by atoms with Crippen LogP contribution in [0.25, 0.3) is 11.5 Å². The normalized spacial score (nSPS) is 23.3. The lowest BCUT2D eigenvalue weighted by molar-refractivity contribution is -0.0298. The molecule has 1 aliphatic carbocycles. The lowest BCUT2D eigenvalue weighted by Crippen LogP contribution is -2.43. The van der Waals surface area contributed by atoms with Crippen LogP contribution in [0.5, 0.6) is 0 Å². The molecule has 1 saturated carbocycles. The maximum Gasteiger partial charge on any atom is 0.184 e. The molecule has 3 atom stereocenters. The minimum atomic E-state index is -1.00. The zero-order chi connectivity index (χ0) is 16.5. The van der Waals surface area contributed by atoms with Gasteiger partial charge in [-0.2, -0.15) is 0 Å². The summed E-state index contributed by atoms with van der Waals surface area (Å²) in [6.07, 6.45) is 2.62. The molecule has 124 valence electrons. The zero-order valence-corrected chi connectivity index (χ0v) is 13.0. The number of fused-ring (bicyclic) bond motifs is 1. The van der Waals surface area contributed by atoms with Crippen LogP contribution in [-0.2, 0) is 11.3 Å². The molecule has 0 radical (unpaired) electrons. The number of imidazole rings is 1. The number of ether oxygens (including phenoxy) is 1. The van der Waals surface area contributed by atoms with E-state index in [1.54, 1.807) is 10.9 Å². The van der Waals surface area contributed by atoms with Crippen molar-refractivity contribution < 1.29 is 9.13 Å². The average Bonchev–Trinajstić information content (AvgIpc) is 3.09. The van der Waals surface area contributed by atoms with Gasteiger partial charge < -0.3 is 15.0 Å². The third-order valence-corrected chi connectivity index (χ3v) is 4.57. The molecule has 0 aromatic heterocycles. The molecule has 0 spiro atoms. The van der Waals surface area contributed by atoms with Gasteiger partial charge in [0.2, 0.25) is 0 Å². The Morgan fingerprint density at radius 2 is 2.04 bits per heavy atom. The fourth-order valence-corrected chi connectivity index (χ4v) is 3.12. The van der Waals surface area contributed by atoms with Crippen molar-refractivity contribution in [1.82, 2.24) is 19.5 Å². The van der Waals surface area contributed by atoms with Crippen LogP contribution in [-0.4, -0.2) is 32.3 Å². The molecule has 7 heteroatoms. The van der Waals surface area contributed by atoms with E-state index in [0.29, 0.717) is 37.0 Å². The van der Waals surface area contributed by atoms with Crippen LogP contribution < -0.4 is 5.73 Å². The average molecular weight is 327 g/mol. The molecule has 0 bridgehead atoms. The van der Waals surface area contributed by atoms with Gasteiger partial charge in [0, 0.05) is 5.92 Å². The Labute approximate surface area is 138 Å². The summed E-state index contributed by atoms with van der Waals surface area (Å²) in [5.41, 5.74) is 7.69. The second-order valence-corrected chi connectivity index (χ2v) is 6.09. The highest BCUT2D eigenvalue weighted by atomic mass is 19.1. The van der Waals surface area contributed by atoms with E-state index in [0.717, 1.165) is 5.56 Å². The van der Waals surface area contributed by atoms with Gasteiger partial charge in [-0.05, 0) is 12.0 Å². The van der Waals surface area contributed by atoms with E-state index >= 15 is 0 Å². The van der Waals surface area contributed by atoms with Gasteiger partial charge in [-0.15, -0.1) is 0 Å². The molecular weight excluding hydrogens is 309 g/mol.